The second-order valence-electron chi connectivity index (χ2n) is 3.12. The molecule has 0 rings (SSSR count). The van der Waals surface area contributed by atoms with Gasteiger partial charge in [0.25, 0.3) is 0 Å². The molecule has 0 aromatic heterocycles. The monoisotopic (exact) mass is 192 g/mol. The average Bonchev–Trinajstić information content (AvgIpc) is 1.89. The first-order valence-electron chi connectivity index (χ1n) is 3.70. The number of hydrogen-bond acceptors (Lipinski definition) is 2. The molecule has 4 heteroatoms. The molecule has 64 valence electrons. The van der Waals surface area contributed by atoms with Gasteiger partial charge < -0.3 is 10.2 Å². The molecule has 0 unspecified atom stereocenters. The molecule has 0 aromatic carbocycles. The van der Waals surface area contributed by atoms with Gasteiger partial charge in [0.2, 0.25) is 0 Å². The molecular formula is C8H18Na2O2. The van der Waals surface area contributed by atoms with Crippen molar-refractivity contribution in [1.82, 2.24) is 0 Å². The third-order valence-corrected chi connectivity index (χ3v) is 0.667. The molecular weight excluding hydrogens is 174 g/mol. The standard InChI is InChI=1S/2C4H9O.2Na/c2*1-4(2)3-5;;/h2*4H,3H2,1-2H3;;/q2*-1;2*+1. The van der Waals surface area contributed by atoms with Gasteiger partial charge in [0.15, 0.2) is 0 Å². The Balaban J connectivity index is -0.0000000457. The molecule has 0 aliphatic rings. The summed E-state index contributed by atoms with van der Waals surface area (Å²) in [6.07, 6.45) is 0. The Labute approximate surface area is 121 Å². The van der Waals surface area contributed by atoms with Crippen LogP contribution in [0, 0.1) is 11.8 Å². The van der Waals surface area contributed by atoms with Crippen LogP contribution in [0.2, 0.25) is 0 Å². The Morgan fingerprint density at radius 3 is 0.833 bits per heavy atom. The summed E-state index contributed by atoms with van der Waals surface area (Å²) in [6.45, 7) is 7.75. The van der Waals surface area contributed by atoms with Crippen molar-refractivity contribution in [3.05, 3.63) is 0 Å². The predicted molar refractivity (Wildman–Crippen MR) is 39.4 cm³/mol. The summed E-state index contributed by atoms with van der Waals surface area (Å²) in [5.41, 5.74) is 0. The van der Waals surface area contributed by atoms with Crippen LogP contribution in [0.15, 0.2) is 0 Å². The normalized spacial score (nSPS) is 8.00. The van der Waals surface area contributed by atoms with E-state index in [1.807, 2.05) is 27.7 Å². The van der Waals surface area contributed by atoms with E-state index in [4.69, 9.17) is 0 Å². The largest absolute Gasteiger partial charge is 1.00 e. The summed E-state index contributed by atoms with van der Waals surface area (Å²) in [5, 5.41) is 19.3. The Morgan fingerprint density at radius 2 is 0.833 bits per heavy atom. The van der Waals surface area contributed by atoms with Crippen molar-refractivity contribution in [2.75, 3.05) is 13.2 Å². The molecule has 0 heterocycles. The molecule has 12 heavy (non-hydrogen) atoms. The van der Waals surface area contributed by atoms with Gasteiger partial charge in [-0.3, -0.25) is 0 Å². The van der Waals surface area contributed by atoms with E-state index in [0.717, 1.165) is 0 Å². The maximum Gasteiger partial charge on any atom is 1.00 e. The van der Waals surface area contributed by atoms with E-state index >= 15 is 0 Å². The molecule has 0 fully saturated rings. The van der Waals surface area contributed by atoms with Gasteiger partial charge in [-0.05, 0) is 0 Å². The Morgan fingerprint density at radius 1 is 0.750 bits per heavy atom. The first-order chi connectivity index (χ1) is 4.54. The molecule has 0 saturated carbocycles. The van der Waals surface area contributed by atoms with Gasteiger partial charge in [-0.2, -0.15) is 0 Å². The topological polar surface area (TPSA) is 46.1 Å². The molecule has 0 aliphatic carbocycles. The predicted octanol–water partition coefficient (Wildman–Crippen LogP) is -5.99. The maximum absolute atomic E-state index is 9.63. The van der Waals surface area contributed by atoms with Crippen molar-refractivity contribution in [2.24, 2.45) is 11.8 Å². The third-order valence-electron chi connectivity index (χ3n) is 0.667. The summed E-state index contributed by atoms with van der Waals surface area (Å²) in [6, 6.07) is 0. The van der Waals surface area contributed by atoms with Crippen LogP contribution in [0.4, 0.5) is 0 Å². The zero-order chi connectivity index (χ0) is 8.57. The van der Waals surface area contributed by atoms with Gasteiger partial charge in [0.1, 0.15) is 0 Å². The van der Waals surface area contributed by atoms with Crippen LogP contribution in [-0.4, -0.2) is 13.2 Å². The van der Waals surface area contributed by atoms with Crippen LogP contribution < -0.4 is 69.3 Å². The first kappa shape index (κ1) is 23.6. The van der Waals surface area contributed by atoms with Crippen molar-refractivity contribution >= 4 is 0 Å². The minimum Gasteiger partial charge on any atom is -0.854 e. The van der Waals surface area contributed by atoms with Crippen LogP contribution in [-0.2, 0) is 0 Å². The van der Waals surface area contributed by atoms with Gasteiger partial charge in [-0.1, -0.05) is 39.5 Å². The molecule has 0 saturated heterocycles. The van der Waals surface area contributed by atoms with Crippen molar-refractivity contribution in [3.63, 3.8) is 0 Å². The zero-order valence-corrected chi connectivity index (χ0v) is 13.4. The van der Waals surface area contributed by atoms with Crippen molar-refractivity contribution in [1.29, 1.82) is 0 Å². The van der Waals surface area contributed by atoms with E-state index in [9.17, 15) is 10.2 Å². The van der Waals surface area contributed by atoms with Gasteiger partial charge >= 0.3 is 59.1 Å². The minimum absolute atomic E-state index is 0. The fraction of sp³-hybridized carbons (Fsp3) is 1.00. The van der Waals surface area contributed by atoms with Crippen molar-refractivity contribution in [2.45, 2.75) is 27.7 Å². The van der Waals surface area contributed by atoms with Gasteiger partial charge in [0, 0.05) is 0 Å². The van der Waals surface area contributed by atoms with Crippen LogP contribution >= 0.6 is 0 Å². The molecule has 0 bridgehead atoms. The fourth-order valence-electron chi connectivity index (χ4n) is 0. The SMILES string of the molecule is CC(C)C[O-].CC(C)C[O-].[Na+].[Na+]. The molecule has 0 aliphatic heterocycles. The Hall–Kier alpha value is 1.92. The molecule has 0 aromatic rings. The van der Waals surface area contributed by atoms with E-state index in [1.165, 1.54) is 0 Å². The van der Waals surface area contributed by atoms with Crippen LogP contribution in [0.25, 0.3) is 0 Å². The van der Waals surface area contributed by atoms with Crippen molar-refractivity contribution in [3.8, 4) is 0 Å². The fourth-order valence-corrected chi connectivity index (χ4v) is 0. The van der Waals surface area contributed by atoms with Gasteiger partial charge in [0.05, 0.1) is 0 Å². The summed E-state index contributed by atoms with van der Waals surface area (Å²) < 4.78 is 0. The van der Waals surface area contributed by atoms with Crippen LogP contribution in [0.5, 0.6) is 0 Å². The molecule has 0 radical (unpaired) electrons. The van der Waals surface area contributed by atoms with Crippen molar-refractivity contribution < 1.29 is 69.3 Å². The Kier molecular flexibility index (Phi) is 36.7. The van der Waals surface area contributed by atoms with E-state index < -0.39 is 0 Å². The Bertz CT molecular complexity index is 51.0. The molecule has 0 amide bonds. The molecule has 0 N–H and O–H groups in total. The maximum atomic E-state index is 9.63. The average molecular weight is 192 g/mol. The number of hydrogen-bond donors (Lipinski definition) is 0. The number of rotatable bonds is 2. The quantitative estimate of drug-likeness (QED) is 0.409. The van der Waals surface area contributed by atoms with E-state index in [1.54, 1.807) is 0 Å². The molecule has 2 nitrogen and oxygen atoms in total. The smallest absolute Gasteiger partial charge is 0.854 e. The molecule has 0 atom stereocenters. The summed E-state index contributed by atoms with van der Waals surface area (Å²) in [4.78, 5) is 0. The third kappa shape index (κ3) is 40.6. The molecule has 0 spiro atoms. The summed E-state index contributed by atoms with van der Waals surface area (Å²) in [7, 11) is 0. The summed E-state index contributed by atoms with van der Waals surface area (Å²) >= 11 is 0. The summed E-state index contributed by atoms with van der Waals surface area (Å²) in [5.74, 6) is 0.657. The first-order valence-corrected chi connectivity index (χ1v) is 3.70. The van der Waals surface area contributed by atoms with Gasteiger partial charge in [-0.15, -0.1) is 13.2 Å². The van der Waals surface area contributed by atoms with Crippen LogP contribution in [0.1, 0.15) is 27.7 Å². The second kappa shape index (κ2) is 18.7. The van der Waals surface area contributed by atoms with E-state index in [-0.39, 0.29) is 72.3 Å². The van der Waals surface area contributed by atoms with E-state index in [0.29, 0.717) is 11.8 Å². The van der Waals surface area contributed by atoms with E-state index in [2.05, 4.69) is 0 Å². The zero-order valence-electron chi connectivity index (χ0n) is 9.39. The minimum atomic E-state index is 0. The van der Waals surface area contributed by atoms with Crippen LogP contribution in [0.3, 0.4) is 0 Å². The second-order valence-corrected chi connectivity index (χ2v) is 3.12. The van der Waals surface area contributed by atoms with Gasteiger partial charge in [-0.25, -0.2) is 0 Å².